The first kappa shape index (κ1) is 15.9. The molecule has 7 heteroatoms. The predicted octanol–water partition coefficient (Wildman–Crippen LogP) is 3.61. The number of hydrogen-bond acceptors (Lipinski definition) is 3. The molecule has 0 spiro atoms. The van der Waals surface area contributed by atoms with Gasteiger partial charge >= 0.3 is 0 Å². The van der Waals surface area contributed by atoms with Crippen molar-refractivity contribution in [3.63, 3.8) is 0 Å². The summed E-state index contributed by atoms with van der Waals surface area (Å²) in [5, 5.41) is 5.86. The van der Waals surface area contributed by atoms with Crippen molar-refractivity contribution in [3.8, 4) is 0 Å². The van der Waals surface area contributed by atoms with Gasteiger partial charge in [0, 0.05) is 11.3 Å². The molecular weight excluding hydrogens is 314 g/mol. The van der Waals surface area contributed by atoms with E-state index >= 15 is 0 Å². The van der Waals surface area contributed by atoms with Gasteiger partial charge in [0.15, 0.2) is 6.61 Å². The number of hydrogen-bond donors (Lipinski definition) is 1. The fraction of sp³-hybridized carbons (Fsp3) is 0.0667. The van der Waals surface area contributed by atoms with Crippen molar-refractivity contribution < 1.29 is 18.4 Å². The molecule has 0 unspecified atom stereocenters. The summed E-state index contributed by atoms with van der Waals surface area (Å²) < 4.78 is 26.2. The molecule has 2 aromatic carbocycles. The normalized spacial score (nSPS) is 10.7. The Morgan fingerprint density at radius 1 is 1.23 bits per heavy atom. The minimum atomic E-state index is -0.578. The van der Waals surface area contributed by atoms with Crippen LogP contribution in [0.15, 0.2) is 47.6 Å². The van der Waals surface area contributed by atoms with Gasteiger partial charge < -0.3 is 10.2 Å². The number of amides is 1. The van der Waals surface area contributed by atoms with E-state index in [9.17, 15) is 13.6 Å². The van der Waals surface area contributed by atoms with Crippen LogP contribution in [0.2, 0.25) is 5.02 Å². The van der Waals surface area contributed by atoms with E-state index in [0.717, 1.165) is 12.3 Å². The van der Waals surface area contributed by atoms with E-state index in [1.807, 2.05) is 0 Å². The van der Waals surface area contributed by atoms with Gasteiger partial charge in [-0.1, -0.05) is 35.0 Å². The highest BCUT2D eigenvalue weighted by Crippen LogP contribution is 2.19. The van der Waals surface area contributed by atoms with Gasteiger partial charge in [-0.05, 0) is 24.3 Å². The fourth-order valence-corrected chi connectivity index (χ4v) is 1.72. The molecule has 114 valence electrons. The van der Waals surface area contributed by atoms with Crippen LogP contribution in [-0.2, 0) is 9.63 Å². The Morgan fingerprint density at radius 3 is 2.73 bits per heavy atom. The monoisotopic (exact) mass is 324 g/mol. The molecule has 0 saturated heterocycles. The number of rotatable bonds is 5. The number of nitrogens with one attached hydrogen (secondary N) is 1. The molecule has 0 heterocycles. The van der Waals surface area contributed by atoms with Gasteiger partial charge in [-0.15, -0.1) is 0 Å². The van der Waals surface area contributed by atoms with Crippen LogP contribution >= 0.6 is 11.6 Å². The second-order valence-electron chi connectivity index (χ2n) is 4.21. The maximum Gasteiger partial charge on any atom is 0.265 e. The van der Waals surface area contributed by atoms with Crippen molar-refractivity contribution in [2.24, 2.45) is 5.16 Å². The van der Waals surface area contributed by atoms with Crippen LogP contribution in [0, 0.1) is 11.6 Å². The minimum absolute atomic E-state index is 0.101. The Hall–Kier alpha value is -2.47. The van der Waals surface area contributed by atoms with E-state index < -0.39 is 17.5 Å². The van der Waals surface area contributed by atoms with E-state index in [1.54, 1.807) is 12.1 Å². The molecule has 2 aromatic rings. The Labute approximate surface area is 130 Å². The third-order valence-electron chi connectivity index (χ3n) is 2.57. The maximum atomic E-state index is 13.3. The zero-order valence-corrected chi connectivity index (χ0v) is 12.0. The average Bonchev–Trinajstić information content (AvgIpc) is 2.49. The maximum absolute atomic E-state index is 13.3. The number of carbonyl (C=O) groups is 1. The summed E-state index contributed by atoms with van der Waals surface area (Å²) in [5.41, 5.74) is 0.575. The standard InChI is InChI=1S/C15H11ClF2N2O2/c16-12-7-11(5-6-14(12)18)20-15(21)9-22-19-8-10-3-1-2-4-13(10)17/h1-8H,9H2,(H,20,21)/b19-8-. The summed E-state index contributed by atoms with van der Waals surface area (Å²) in [6.07, 6.45) is 1.16. The molecule has 4 nitrogen and oxygen atoms in total. The van der Waals surface area contributed by atoms with Crippen LogP contribution < -0.4 is 5.32 Å². The molecule has 1 amide bonds. The Kier molecular flexibility index (Phi) is 5.43. The predicted molar refractivity (Wildman–Crippen MR) is 80.0 cm³/mol. The van der Waals surface area contributed by atoms with Gasteiger partial charge in [0.05, 0.1) is 11.2 Å². The molecule has 0 aliphatic rings. The second-order valence-corrected chi connectivity index (χ2v) is 4.61. The van der Waals surface area contributed by atoms with E-state index in [2.05, 4.69) is 10.5 Å². The topological polar surface area (TPSA) is 50.7 Å². The molecule has 2 rings (SSSR count). The van der Waals surface area contributed by atoms with Crippen LogP contribution in [0.25, 0.3) is 0 Å². The summed E-state index contributed by atoms with van der Waals surface area (Å²) in [7, 11) is 0. The van der Waals surface area contributed by atoms with E-state index in [1.165, 1.54) is 24.3 Å². The third-order valence-corrected chi connectivity index (χ3v) is 2.86. The fourth-order valence-electron chi connectivity index (χ4n) is 1.54. The van der Waals surface area contributed by atoms with Crippen molar-refractivity contribution >= 4 is 29.4 Å². The van der Waals surface area contributed by atoms with Gasteiger partial charge in [0.1, 0.15) is 11.6 Å². The molecule has 0 aliphatic heterocycles. The van der Waals surface area contributed by atoms with Crippen molar-refractivity contribution in [2.45, 2.75) is 0 Å². The van der Waals surface area contributed by atoms with Crippen molar-refractivity contribution in [3.05, 3.63) is 64.7 Å². The summed E-state index contributed by atoms with van der Waals surface area (Å²) >= 11 is 5.59. The third kappa shape index (κ3) is 4.53. The molecule has 0 fully saturated rings. The highest BCUT2D eigenvalue weighted by atomic mass is 35.5. The number of halogens is 3. The lowest BCUT2D eigenvalue weighted by Gasteiger charge is -2.05. The van der Waals surface area contributed by atoms with Crippen molar-refractivity contribution in [1.82, 2.24) is 0 Å². The summed E-state index contributed by atoms with van der Waals surface area (Å²) in [6, 6.07) is 9.77. The zero-order valence-electron chi connectivity index (χ0n) is 11.2. The first-order valence-electron chi connectivity index (χ1n) is 6.21. The molecule has 1 N–H and O–H groups in total. The van der Waals surface area contributed by atoms with E-state index in [-0.39, 0.29) is 17.2 Å². The first-order chi connectivity index (χ1) is 10.6. The summed E-state index contributed by atoms with van der Waals surface area (Å²) in [4.78, 5) is 16.3. The first-order valence-corrected chi connectivity index (χ1v) is 6.59. The van der Waals surface area contributed by atoms with Gasteiger partial charge in [-0.25, -0.2) is 8.78 Å². The lowest BCUT2D eigenvalue weighted by molar-refractivity contribution is -0.120. The number of oxime groups is 1. The lowest BCUT2D eigenvalue weighted by atomic mass is 10.2. The average molecular weight is 325 g/mol. The molecule has 0 aromatic heterocycles. The van der Waals surface area contributed by atoms with E-state index in [0.29, 0.717) is 5.69 Å². The van der Waals surface area contributed by atoms with Crippen molar-refractivity contribution in [2.75, 3.05) is 11.9 Å². The summed E-state index contributed by atoms with van der Waals surface area (Å²) in [6.45, 7) is -0.375. The zero-order chi connectivity index (χ0) is 15.9. The number of benzene rings is 2. The molecular formula is C15H11ClF2N2O2. The number of anilines is 1. The Morgan fingerprint density at radius 2 is 2.00 bits per heavy atom. The van der Waals surface area contributed by atoms with Gasteiger partial charge in [0.25, 0.3) is 5.91 Å². The van der Waals surface area contributed by atoms with Gasteiger partial charge in [-0.2, -0.15) is 0 Å². The largest absolute Gasteiger partial charge is 0.386 e. The molecule has 0 atom stereocenters. The van der Waals surface area contributed by atoms with Crippen LogP contribution in [0.5, 0.6) is 0 Å². The lowest BCUT2D eigenvalue weighted by Crippen LogP contribution is -2.17. The van der Waals surface area contributed by atoms with Gasteiger partial charge in [-0.3, -0.25) is 4.79 Å². The SMILES string of the molecule is O=C(CO/N=C\c1ccccc1F)Nc1ccc(F)c(Cl)c1. The van der Waals surface area contributed by atoms with Crippen molar-refractivity contribution in [1.29, 1.82) is 0 Å². The Balaban J connectivity index is 1.83. The van der Waals surface area contributed by atoms with Crippen LogP contribution in [0.3, 0.4) is 0 Å². The second kappa shape index (κ2) is 7.51. The minimum Gasteiger partial charge on any atom is -0.386 e. The Bertz CT molecular complexity index is 708. The van der Waals surface area contributed by atoms with E-state index in [4.69, 9.17) is 16.4 Å². The smallest absolute Gasteiger partial charge is 0.265 e. The highest BCUT2D eigenvalue weighted by Gasteiger charge is 2.05. The van der Waals surface area contributed by atoms with Crippen LogP contribution in [0.4, 0.5) is 14.5 Å². The van der Waals surface area contributed by atoms with Gasteiger partial charge in [0.2, 0.25) is 0 Å². The summed E-state index contributed by atoms with van der Waals surface area (Å²) in [5.74, 6) is -1.53. The highest BCUT2D eigenvalue weighted by molar-refractivity contribution is 6.31. The molecule has 0 saturated carbocycles. The molecule has 0 aliphatic carbocycles. The molecule has 0 bridgehead atoms. The molecule has 22 heavy (non-hydrogen) atoms. The van der Waals surface area contributed by atoms with Crippen LogP contribution in [0.1, 0.15) is 5.56 Å². The number of carbonyl (C=O) groups excluding carboxylic acids is 1. The van der Waals surface area contributed by atoms with Crippen LogP contribution in [-0.4, -0.2) is 18.7 Å². The molecule has 0 radical (unpaired) electrons. The quantitative estimate of drug-likeness (QED) is 0.674. The number of nitrogens with zero attached hydrogens (tertiary/aromatic N) is 1.